The van der Waals surface area contributed by atoms with Crippen LogP contribution in [0.5, 0.6) is 0 Å². The van der Waals surface area contributed by atoms with Crippen molar-refractivity contribution in [2.45, 2.75) is 25.3 Å². The molecule has 1 unspecified atom stereocenters. The molecule has 1 atom stereocenters. The maximum absolute atomic E-state index is 13.0. The van der Waals surface area contributed by atoms with E-state index in [0.29, 0.717) is 5.56 Å². The number of halogens is 3. The summed E-state index contributed by atoms with van der Waals surface area (Å²) in [5.74, 6) is -1.97. The molecule has 0 spiro atoms. The van der Waals surface area contributed by atoms with Gasteiger partial charge in [0, 0.05) is 12.6 Å². The van der Waals surface area contributed by atoms with Crippen LogP contribution in [-0.4, -0.2) is 25.0 Å². The molecular formula is C13H17ClF2N2O. The van der Waals surface area contributed by atoms with E-state index in [0.717, 1.165) is 38.1 Å². The zero-order valence-corrected chi connectivity index (χ0v) is 11.2. The molecule has 0 aromatic heterocycles. The van der Waals surface area contributed by atoms with Crippen LogP contribution in [0.3, 0.4) is 0 Å². The summed E-state index contributed by atoms with van der Waals surface area (Å²) in [5.41, 5.74) is 0.482. The van der Waals surface area contributed by atoms with Crippen LogP contribution in [0.4, 0.5) is 8.78 Å². The molecule has 0 aliphatic carbocycles. The number of carbonyl (C=O) groups excluding carboxylic acids is 1. The van der Waals surface area contributed by atoms with E-state index in [-0.39, 0.29) is 30.8 Å². The minimum Gasteiger partial charge on any atom is -0.352 e. The van der Waals surface area contributed by atoms with Crippen LogP contribution >= 0.6 is 12.4 Å². The first kappa shape index (κ1) is 15.9. The highest BCUT2D eigenvalue weighted by Crippen LogP contribution is 2.09. The van der Waals surface area contributed by atoms with Crippen molar-refractivity contribution < 1.29 is 13.6 Å². The predicted molar refractivity (Wildman–Crippen MR) is 71.3 cm³/mol. The fourth-order valence-electron chi connectivity index (χ4n) is 2.09. The van der Waals surface area contributed by atoms with E-state index in [1.165, 1.54) is 6.07 Å². The molecular weight excluding hydrogens is 274 g/mol. The number of benzene rings is 1. The van der Waals surface area contributed by atoms with Crippen molar-refractivity contribution >= 4 is 18.3 Å². The monoisotopic (exact) mass is 290 g/mol. The SMILES string of the molecule is Cl.O=C(Cc1ccc(F)c(F)c1)NC1CCCNC1. The van der Waals surface area contributed by atoms with E-state index in [4.69, 9.17) is 0 Å². The number of hydrogen-bond acceptors (Lipinski definition) is 2. The molecule has 106 valence electrons. The van der Waals surface area contributed by atoms with E-state index in [2.05, 4.69) is 10.6 Å². The standard InChI is InChI=1S/C13H16F2N2O.ClH/c14-11-4-3-9(6-12(11)15)7-13(18)17-10-2-1-5-16-8-10;/h3-4,6,10,16H,1-2,5,7-8H2,(H,17,18);1H. The zero-order valence-electron chi connectivity index (χ0n) is 10.4. The molecule has 1 amide bonds. The largest absolute Gasteiger partial charge is 0.352 e. The average Bonchev–Trinajstić information content (AvgIpc) is 2.35. The lowest BCUT2D eigenvalue weighted by atomic mass is 10.1. The highest BCUT2D eigenvalue weighted by molar-refractivity contribution is 5.85. The van der Waals surface area contributed by atoms with Crippen molar-refractivity contribution in [1.82, 2.24) is 10.6 Å². The van der Waals surface area contributed by atoms with Crippen LogP contribution in [0.15, 0.2) is 18.2 Å². The zero-order chi connectivity index (χ0) is 13.0. The molecule has 19 heavy (non-hydrogen) atoms. The van der Waals surface area contributed by atoms with Gasteiger partial charge in [0.15, 0.2) is 11.6 Å². The summed E-state index contributed by atoms with van der Waals surface area (Å²) in [4.78, 5) is 11.7. The van der Waals surface area contributed by atoms with Crippen LogP contribution in [-0.2, 0) is 11.2 Å². The van der Waals surface area contributed by atoms with Crippen LogP contribution in [0.2, 0.25) is 0 Å². The molecule has 1 fully saturated rings. The summed E-state index contributed by atoms with van der Waals surface area (Å²) in [6.45, 7) is 1.75. The van der Waals surface area contributed by atoms with Gasteiger partial charge >= 0.3 is 0 Å². The van der Waals surface area contributed by atoms with Gasteiger partial charge in [0.2, 0.25) is 5.91 Å². The van der Waals surface area contributed by atoms with Crippen LogP contribution in [0, 0.1) is 11.6 Å². The van der Waals surface area contributed by atoms with Gasteiger partial charge in [-0.3, -0.25) is 4.79 Å². The van der Waals surface area contributed by atoms with E-state index >= 15 is 0 Å². The summed E-state index contributed by atoms with van der Waals surface area (Å²) in [5, 5.41) is 6.08. The predicted octanol–water partition coefficient (Wildman–Crippen LogP) is 1.80. The van der Waals surface area contributed by atoms with E-state index in [1.54, 1.807) is 0 Å². The second kappa shape index (κ2) is 7.40. The normalized spacial score (nSPS) is 18.5. The number of amides is 1. The van der Waals surface area contributed by atoms with Crippen molar-refractivity contribution in [2.75, 3.05) is 13.1 Å². The Morgan fingerprint density at radius 3 is 2.79 bits per heavy atom. The topological polar surface area (TPSA) is 41.1 Å². The molecule has 1 saturated heterocycles. The van der Waals surface area contributed by atoms with E-state index in [1.807, 2.05) is 0 Å². The molecule has 1 heterocycles. The minimum atomic E-state index is -0.917. The molecule has 0 saturated carbocycles. The summed E-state index contributed by atoms with van der Waals surface area (Å²) < 4.78 is 25.7. The second-order valence-corrected chi connectivity index (χ2v) is 4.54. The highest BCUT2D eigenvalue weighted by Gasteiger charge is 2.15. The third kappa shape index (κ3) is 4.76. The van der Waals surface area contributed by atoms with Gasteiger partial charge in [0.05, 0.1) is 6.42 Å². The van der Waals surface area contributed by atoms with Gasteiger partial charge in [0.25, 0.3) is 0 Å². The van der Waals surface area contributed by atoms with Gasteiger partial charge in [-0.05, 0) is 37.1 Å². The van der Waals surface area contributed by atoms with Gasteiger partial charge in [-0.2, -0.15) is 0 Å². The molecule has 2 rings (SSSR count). The minimum absolute atomic E-state index is 0. The first-order valence-electron chi connectivity index (χ1n) is 6.09. The van der Waals surface area contributed by atoms with Gasteiger partial charge in [-0.25, -0.2) is 8.78 Å². The van der Waals surface area contributed by atoms with Crippen LogP contribution in [0.1, 0.15) is 18.4 Å². The third-order valence-corrected chi connectivity index (χ3v) is 3.01. The molecule has 6 heteroatoms. The van der Waals surface area contributed by atoms with Crippen LogP contribution < -0.4 is 10.6 Å². The summed E-state index contributed by atoms with van der Waals surface area (Å²) in [6, 6.07) is 3.67. The first-order valence-corrected chi connectivity index (χ1v) is 6.09. The lowest BCUT2D eigenvalue weighted by Gasteiger charge is -2.23. The lowest BCUT2D eigenvalue weighted by molar-refractivity contribution is -0.121. The Kier molecular flexibility index (Phi) is 6.18. The quantitative estimate of drug-likeness (QED) is 0.891. The number of carbonyl (C=O) groups is 1. The summed E-state index contributed by atoms with van der Waals surface area (Å²) in [6.07, 6.45) is 2.07. The van der Waals surface area contributed by atoms with E-state index < -0.39 is 11.6 Å². The molecule has 0 radical (unpaired) electrons. The Hall–Kier alpha value is -1.20. The highest BCUT2D eigenvalue weighted by atomic mass is 35.5. The fraction of sp³-hybridized carbons (Fsp3) is 0.462. The van der Waals surface area contributed by atoms with Gasteiger partial charge < -0.3 is 10.6 Å². The Balaban J connectivity index is 0.00000180. The van der Waals surface area contributed by atoms with Crippen molar-refractivity contribution in [3.63, 3.8) is 0 Å². The van der Waals surface area contributed by atoms with Crippen LogP contribution in [0.25, 0.3) is 0 Å². The second-order valence-electron chi connectivity index (χ2n) is 4.54. The van der Waals surface area contributed by atoms with Crippen molar-refractivity contribution in [2.24, 2.45) is 0 Å². The van der Waals surface area contributed by atoms with Gasteiger partial charge in [-0.15, -0.1) is 12.4 Å². The van der Waals surface area contributed by atoms with Crippen molar-refractivity contribution in [3.05, 3.63) is 35.4 Å². The Labute approximate surface area is 117 Å². The summed E-state index contributed by atoms with van der Waals surface area (Å²) >= 11 is 0. The molecule has 1 aliphatic heterocycles. The first-order chi connectivity index (χ1) is 8.65. The van der Waals surface area contributed by atoms with Gasteiger partial charge in [-0.1, -0.05) is 6.07 Å². The Bertz CT molecular complexity index is 437. The third-order valence-electron chi connectivity index (χ3n) is 3.01. The maximum atomic E-state index is 13.0. The molecule has 1 aromatic carbocycles. The molecule has 1 aliphatic rings. The van der Waals surface area contributed by atoms with E-state index in [9.17, 15) is 13.6 Å². The van der Waals surface area contributed by atoms with Gasteiger partial charge in [0.1, 0.15) is 0 Å². The van der Waals surface area contributed by atoms with Crippen molar-refractivity contribution in [3.8, 4) is 0 Å². The molecule has 3 nitrogen and oxygen atoms in total. The number of rotatable bonds is 3. The summed E-state index contributed by atoms with van der Waals surface area (Å²) in [7, 11) is 0. The van der Waals surface area contributed by atoms with Crippen molar-refractivity contribution in [1.29, 1.82) is 0 Å². The number of nitrogens with one attached hydrogen (secondary N) is 2. The molecule has 0 bridgehead atoms. The Morgan fingerprint density at radius 1 is 1.37 bits per heavy atom. The molecule has 2 N–H and O–H groups in total. The molecule has 1 aromatic rings. The Morgan fingerprint density at radius 2 is 2.16 bits per heavy atom. The average molecular weight is 291 g/mol. The number of piperidine rings is 1. The lowest BCUT2D eigenvalue weighted by Crippen LogP contribution is -2.46. The smallest absolute Gasteiger partial charge is 0.224 e. The fourth-order valence-corrected chi connectivity index (χ4v) is 2.09. The number of hydrogen-bond donors (Lipinski definition) is 2. The maximum Gasteiger partial charge on any atom is 0.224 e.